The molecule has 0 aliphatic carbocycles. The molecule has 1 amide bonds. The van der Waals surface area contributed by atoms with Crippen molar-refractivity contribution in [2.75, 3.05) is 13.1 Å². The molecule has 4 heterocycles. The van der Waals surface area contributed by atoms with Gasteiger partial charge in [-0.15, -0.1) is 11.3 Å². The molecule has 3 aromatic rings. The predicted molar refractivity (Wildman–Crippen MR) is 104 cm³/mol. The number of imidazole rings is 1. The number of hydrogen-bond acceptors (Lipinski definition) is 5. The van der Waals surface area contributed by atoms with Crippen molar-refractivity contribution in [2.24, 2.45) is 0 Å². The first-order chi connectivity index (χ1) is 13.2. The van der Waals surface area contributed by atoms with Crippen LogP contribution in [0, 0.1) is 6.92 Å². The molecule has 0 saturated carbocycles. The molecule has 0 unspecified atom stereocenters. The van der Waals surface area contributed by atoms with Gasteiger partial charge < -0.3 is 9.47 Å². The van der Waals surface area contributed by atoms with Crippen molar-refractivity contribution in [1.29, 1.82) is 0 Å². The fourth-order valence-electron chi connectivity index (χ4n) is 3.68. The number of rotatable bonds is 6. The van der Waals surface area contributed by atoms with E-state index in [1.54, 1.807) is 11.3 Å². The third kappa shape index (κ3) is 4.27. The Labute approximate surface area is 162 Å². The van der Waals surface area contributed by atoms with Crippen LogP contribution in [0.5, 0.6) is 0 Å². The number of amides is 1. The summed E-state index contributed by atoms with van der Waals surface area (Å²) in [7, 11) is 0. The first-order valence-corrected chi connectivity index (χ1v) is 10.3. The normalized spacial score (nSPS) is 17.4. The molecular formula is C19H24N6OS. The van der Waals surface area contributed by atoms with Crippen molar-refractivity contribution in [3.63, 3.8) is 0 Å². The Morgan fingerprint density at radius 1 is 1.37 bits per heavy atom. The van der Waals surface area contributed by atoms with Gasteiger partial charge in [-0.25, -0.2) is 9.97 Å². The van der Waals surface area contributed by atoms with Crippen LogP contribution >= 0.6 is 11.3 Å². The molecule has 8 heteroatoms. The number of hydrogen-bond donors (Lipinski definition) is 0. The van der Waals surface area contributed by atoms with E-state index in [1.807, 2.05) is 46.8 Å². The van der Waals surface area contributed by atoms with Gasteiger partial charge in [-0.3, -0.25) is 9.48 Å². The summed E-state index contributed by atoms with van der Waals surface area (Å²) in [6.07, 6.45) is 10.2. The summed E-state index contributed by atoms with van der Waals surface area (Å²) in [4.78, 5) is 23.6. The van der Waals surface area contributed by atoms with E-state index in [1.165, 1.54) is 0 Å². The highest BCUT2D eigenvalue weighted by Gasteiger charge is 2.27. The standard InChI is InChI=1S/C19H24N6OS/c1-15-9-22-25(10-15)7-4-18(26)23-6-2-3-16(11-23)19-20-5-8-24(19)12-17-13-27-14-21-17/h5,8-10,13-14,16H,2-4,6-7,11-12H2,1H3/t16-/m1/s1. The summed E-state index contributed by atoms with van der Waals surface area (Å²) in [6, 6.07) is 0. The van der Waals surface area contributed by atoms with E-state index >= 15 is 0 Å². The molecule has 1 saturated heterocycles. The molecular weight excluding hydrogens is 360 g/mol. The van der Waals surface area contributed by atoms with Gasteiger partial charge in [-0.1, -0.05) is 0 Å². The van der Waals surface area contributed by atoms with Crippen molar-refractivity contribution in [2.45, 2.75) is 45.2 Å². The van der Waals surface area contributed by atoms with Gasteiger partial charge in [0.15, 0.2) is 0 Å². The molecule has 1 aliphatic heterocycles. The smallest absolute Gasteiger partial charge is 0.224 e. The van der Waals surface area contributed by atoms with Crippen molar-refractivity contribution in [3.05, 3.63) is 52.8 Å². The predicted octanol–water partition coefficient (Wildman–Crippen LogP) is 2.69. The van der Waals surface area contributed by atoms with Crippen LogP contribution in [0.15, 0.2) is 35.7 Å². The van der Waals surface area contributed by atoms with Crippen molar-refractivity contribution >= 4 is 17.2 Å². The summed E-state index contributed by atoms with van der Waals surface area (Å²) in [5.74, 6) is 1.54. The van der Waals surface area contributed by atoms with Crippen molar-refractivity contribution < 1.29 is 4.79 Å². The molecule has 0 aromatic carbocycles. The fourth-order valence-corrected chi connectivity index (χ4v) is 4.23. The SMILES string of the molecule is Cc1cnn(CCC(=O)N2CCC[C@@H](c3nccn3Cc3cscn3)C2)c1. The summed E-state index contributed by atoms with van der Waals surface area (Å²) in [6.45, 7) is 4.95. The molecule has 1 fully saturated rings. The molecule has 7 nitrogen and oxygen atoms in total. The van der Waals surface area contributed by atoms with Crippen LogP contribution in [0.25, 0.3) is 0 Å². The number of aromatic nitrogens is 5. The summed E-state index contributed by atoms with van der Waals surface area (Å²) >= 11 is 1.61. The molecule has 0 bridgehead atoms. The highest BCUT2D eigenvalue weighted by Crippen LogP contribution is 2.26. The Bertz CT molecular complexity index is 884. The molecule has 0 radical (unpaired) electrons. The maximum absolute atomic E-state index is 12.7. The highest BCUT2D eigenvalue weighted by atomic mass is 32.1. The van der Waals surface area contributed by atoms with Gasteiger partial charge in [0, 0.05) is 55.9 Å². The van der Waals surface area contributed by atoms with Gasteiger partial charge in [0.2, 0.25) is 5.91 Å². The van der Waals surface area contributed by atoms with Crippen LogP contribution < -0.4 is 0 Å². The topological polar surface area (TPSA) is 68.8 Å². The molecule has 27 heavy (non-hydrogen) atoms. The minimum atomic E-state index is 0.200. The van der Waals surface area contributed by atoms with Gasteiger partial charge in [0.1, 0.15) is 5.82 Å². The third-order valence-electron chi connectivity index (χ3n) is 5.02. The minimum absolute atomic E-state index is 0.200. The lowest BCUT2D eigenvalue weighted by atomic mass is 9.96. The van der Waals surface area contributed by atoms with Gasteiger partial charge in [0.25, 0.3) is 0 Å². The number of likely N-dealkylation sites (tertiary alicyclic amines) is 1. The average molecular weight is 385 g/mol. The minimum Gasteiger partial charge on any atom is -0.342 e. The Morgan fingerprint density at radius 2 is 2.30 bits per heavy atom. The second-order valence-electron chi connectivity index (χ2n) is 7.10. The zero-order valence-electron chi connectivity index (χ0n) is 15.5. The van der Waals surface area contributed by atoms with E-state index in [2.05, 4.69) is 25.0 Å². The van der Waals surface area contributed by atoms with Crippen LogP contribution in [0.3, 0.4) is 0 Å². The van der Waals surface area contributed by atoms with E-state index in [4.69, 9.17) is 0 Å². The number of thiazole rings is 1. The molecule has 1 atom stereocenters. The number of carbonyl (C=O) groups is 1. The number of nitrogens with zero attached hydrogens (tertiary/aromatic N) is 6. The monoisotopic (exact) mass is 384 g/mol. The lowest BCUT2D eigenvalue weighted by Crippen LogP contribution is -2.40. The number of aryl methyl sites for hydroxylation is 2. The van der Waals surface area contributed by atoms with E-state index in [9.17, 15) is 4.79 Å². The summed E-state index contributed by atoms with van der Waals surface area (Å²) < 4.78 is 4.01. The molecule has 3 aromatic heterocycles. The summed E-state index contributed by atoms with van der Waals surface area (Å²) in [5.41, 5.74) is 4.03. The van der Waals surface area contributed by atoms with Crippen LogP contribution in [-0.2, 0) is 17.9 Å². The fraction of sp³-hybridized carbons (Fsp3) is 0.474. The van der Waals surface area contributed by atoms with E-state index in [-0.39, 0.29) is 11.8 Å². The lowest BCUT2D eigenvalue weighted by molar-refractivity contribution is -0.132. The highest BCUT2D eigenvalue weighted by molar-refractivity contribution is 7.07. The zero-order chi connectivity index (χ0) is 18.6. The largest absolute Gasteiger partial charge is 0.342 e. The second-order valence-corrected chi connectivity index (χ2v) is 7.82. The molecule has 1 aliphatic rings. The van der Waals surface area contributed by atoms with Crippen LogP contribution in [0.1, 0.15) is 42.3 Å². The lowest BCUT2D eigenvalue weighted by Gasteiger charge is -2.32. The zero-order valence-corrected chi connectivity index (χ0v) is 16.3. The molecule has 142 valence electrons. The Balaban J connectivity index is 1.38. The van der Waals surface area contributed by atoms with Crippen molar-refractivity contribution in [1.82, 2.24) is 29.2 Å². The first-order valence-electron chi connectivity index (χ1n) is 9.34. The first kappa shape index (κ1) is 17.9. The number of carbonyl (C=O) groups excluding carboxylic acids is 1. The third-order valence-corrected chi connectivity index (χ3v) is 5.66. The maximum Gasteiger partial charge on any atom is 0.224 e. The van der Waals surface area contributed by atoms with Gasteiger partial charge in [-0.2, -0.15) is 5.10 Å². The quantitative estimate of drug-likeness (QED) is 0.655. The Morgan fingerprint density at radius 3 is 3.07 bits per heavy atom. The van der Waals surface area contributed by atoms with Gasteiger partial charge in [-0.05, 0) is 25.3 Å². The van der Waals surface area contributed by atoms with E-state index in [0.717, 1.165) is 49.6 Å². The molecule has 0 N–H and O–H groups in total. The maximum atomic E-state index is 12.7. The van der Waals surface area contributed by atoms with Crippen LogP contribution in [0.2, 0.25) is 0 Å². The van der Waals surface area contributed by atoms with Crippen LogP contribution in [-0.4, -0.2) is 48.2 Å². The van der Waals surface area contributed by atoms with Gasteiger partial charge in [0.05, 0.1) is 23.9 Å². The van der Waals surface area contributed by atoms with Gasteiger partial charge >= 0.3 is 0 Å². The number of piperidine rings is 1. The molecule has 4 rings (SSSR count). The molecule has 0 spiro atoms. The average Bonchev–Trinajstić information content (AvgIpc) is 3.43. The Kier molecular flexibility index (Phi) is 5.33. The second kappa shape index (κ2) is 8.04. The van der Waals surface area contributed by atoms with Crippen LogP contribution in [0.4, 0.5) is 0 Å². The van der Waals surface area contributed by atoms with Crippen molar-refractivity contribution in [3.8, 4) is 0 Å². The Hall–Kier alpha value is -2.48. The summed E-state index contributed by atoms with van der Waals surface area (Å²) in [5, 5.41) is 6.33. The van der Waals surface area contributed by atoms with E-state index in [0.29, 0.717) is 13.0 Å². The van der Waals surface area contributed by atoms with E-state index < -0.39 is 0 Å².